The van der Waals surface area contributed by atoms with Gasteiger partial charge in [-0.2, -0.15) is 0 Å². The maximum Gasteiger partial charge on any atom is 0.124 e. The first-order valence-electron chi connectivity index (χ1n) is 7.95. The Morgan fingerprint density at radius 2 is 1.95 bits per heavy atom. The number of hydrogen-bond acceptors (Lipinski definition) is 2. The van der Waals surface area contributed by atoms with E-state index in [0.717, 1.165) is 35.1 Å². The van der Waals surface area contributed by atoms with Gasteiger partial charge in [-0.1, -0.05) is 38.8 Å². The smallest absolute Gasteiger partial charge is 0.124 e. The van der Waals surface area contributed by atoms with E-state index in [0.29, 0.717) is 5.41 Å². The summed E-state index contributed by atoms with van der Waals surface area (Å²) >= 11 is 6.17. The van der Waals surface area contributed by atoms with E-state index in [-0.39, 0.29) is 5.54 Å². The van der Waals surface area contributed by atoms with E-state index in [4.69, 9.17) is 22.1 Å². The number of benzene rings is 1. The van der Waals surface area contributed by atoms with Gasteiger partial charge in [0.25, 0.3) is 0 Å². The number of ether oxygens (including phenoxy) is 1. The van der Waals surface area contributed by atoms with Crippen LogP contribution in [0.25, 0.3) is 0 Å². The van der Waals surface area contributed by atoms with Crippen molar-refractivity contribution in [1.29, 1.82) is 0 Å². The van der Waals surface area contributed by atoms with Crippen LogP contribution in [0.15, 0.2) is 18.2 Å². The predicted octanol–water partition coefficient (Wildman–Crippen LogP) is 5.13. The van der Waals surface area contributed by atoms with Gasteiger partial charge < -0.3 is 10.5 Å². The number of hydrogen-bond donors (Lipinski definition) is 1. The third kappa shape index (κ3) is 3.37. The SMILES string of the molecule is CCC(C)(C)C1CCC(N)(c2cc(Cl)ccc2OC)CC1. The van der Waals surface area contributed by atoms with Crippen molar-refractivity contribution in [1.82, 2.24) is 0 Å². The fourth-order valence-electron chi connectivity index (χ4n) is 3.54. The number of methoxy groups -OCH3 is 1. The third-order valence-corrected chi connectivity index (χ3v) is 5.83. The average Bonchev–Trinajstić information content (AvgIpc) is 2.47. The van der Waals surface area contributed by atoms with Crippen LogP contribution in [0.4, 0.5) is 0 Å². The van der Waals surface area contributed by atoms with E-state index < -0.39 is 0 Å². The third-order valence-electron chi connectivity index (χ3n) is 5.59. The zero-order valence-electron chi connectivity index (χ0n) is 13.7. The van der Waals surface area contributed by atoms with Crippen molar-refractivity contribution in [3.05, 3.63) is 28.8 Å². The molecule has 1 aromatic carbocycles. The van der Waals surface area contributed by atoms with Crippen molar-refractivity contribution in [2.24, 2.45) is 17.1 Å². The van der Waals surface area contributed by atoms with Gasteiger partial charge in [-0.05, 0) is 55.2 Å². The molecule has 0 saturated heterocycles. The maximum atomic E-state index is 6.73. The minimum Gasteiger partial charge on any atom is -0.496 e. The highest BCUT2D eigenvalue weighted by molar-refractivity contribution is 6.30. The van der Waals surface area contributed by atoms with Crippen molar-refractivity contribution in [3.63, 3.8) is 0 Å². The van der Waals surface area contributed by atoms with Crippen LogP contribution in [-0.2, 0) is 5.54 Å². The molecule has 0 amide bonds. The Morgan fingerprint density at radius 3 is 2.48 bits per heavy atom. The summed E-state index contributed by atoms with van der Waals surface area (Å²) in [6, 6.07) is 5.76. The summed E-state index contributed by atoms with van der Waals surface area (Å²) in [6.45, 7) is 7.03. The lowest BCUT2D eigenvalue weighted by atomic mass is 9.64. The van der Waals surface area contributed by atoms with Gasteiger partial charge in [-0.3, -0.25) is 0 Å². The molecule has 2 nitrogen and oxygen atoms in total. The second-order valence-electron chi connectivity index (χ2n) is 7.12. The Labute approximate surface area is 134 Å². The summed E-state index contributed by atoms with van der Waals surface area (Å²) in [7, 11) is 1.70. The lowest BCUT2D eigenvalue weighted by molar-refractivity contribution is 0.114. The summed E-state index contributed by atoms with van der Waals surface area (Å²) < 4.78 is 5.50. The molecular formula is C18H28ClNO. The van der Waals surface area contributed by atoms with Gasteiger partial charge in [0.05, 0.1) is 7.11 Å². The minimum atomic E-state index is -0.309. The molecule has 1 aliphatic carbocycles. The Kier molecular flexibility index (Phi) is 4.89. The molecule has 0 spiro atoms. The quantitative estimate of drug-likeness (QED) is 0.837. The van der Waals surface area contributed by atoms with Crippen molar-refractivity contribution < 1.29 is 4.74 Å². The van der Waals surface area contributed by atoms with Crippen LogP contribution >= 0.6 is 11.6 Å². The van der Waals surface area contributed by atoms with Crippen molar-refractivity contribution in [2.75, 3.05) is 7.11 Å². The summed E-state index contributed by atoms with van der Waals surface area (Å²) in [6.07, 6.45) is 5.56. The maximum absolute atomic E-state index is 6.73. The molecule has 3 heteroatoms. The van der Waals surface area contributed by atoms with Crippen molar-refractivity contribution in [3.8, 4) is 5.75 Å². The van der Waals surface area contributed by atoms with Crippen molar-refractivity contribution >= 4 is 11.6 Å². The van der Waals surface area contributed by atoms with E-state index >= 15 is 0 Å². The number of rotatable bonds is 4. The first kappa shape index (κ1) is 16.6. The largest absolute Gasteiger partial charge is 0.496 e. The van der Waals surface area contributed by atoms with Crippen LogP contribution in [0.2, 0.25) is 5.02 Å². The van der Waals surface area contributed by atoms with Crippen LogP contribution < -0.4 is 10.5 Å². The van der Waals surface area contributed by atoms with Gasteiger partial charge in [0.2, 0.25) is 0 Å². The fraction of sp³-hybridized carbons (Fsp3) is 0.667. The van der Waals surface area contributed by atoms with E-state index in [1.54, 1.807) is 7.11 Å². The summed E-state index contributed by atoms with van der Waals surface area (Å²) in [5.41, 5.74) is 7.89. The van der Waals surface area contributed by atoms with Gasteiger partial charge in [0, 0.05) is 16.1 Å². The average molecular weight is 310 g/mol. The number of halogens is 1. The second kappa shape index (κ2) is 6.18. The monoisotopic (exact) mass is 309 g/mol. The van der Waals surface area contributed by atoms with Gasteiger partial charge in [-0.15, -0.1) is 0 Å². The molecule has 0 heterocycles. The Bertz CT molecular complexity index is 490. The van der Waals surface area contributed by atoms with Crippen LogP contribution in [-0.4, -0.2) is 7.11 Å². The number of nitrogens with two attached hydrogens (primary N) is 1. The molecule has 2 N–H and O–H groups in total. The molecule has 1 saturated carbocycles. The topological polar surface area (TPSA) is 35.2 Å². The zero-order valence-corrected chi connectivity index (χ0v) is 14.5. The summed E-state index contributed by atoms with van der Waals surface area (Å²) in [4.78, 5) is 0. The van der Waals surface area contributed by atoms with E-state index in [1.165, 1.54) is 19.3 Å². The lowest BCUT2D eigenvalue weighted by Gasteiger charge is -2.43. The molecule has 2 rings (SSSR count). The standard InChI is InChI=1S/C18H28ClNO/c1-5-17(2,3)13-8-10-18(20,11-9-13)15-12-14(19)6-7-16(15)21-4/h6-7,12-13H,5,8-11,20H2,1-4H3. The highest BCUT2D eigenvalue weighted by atomic mass is 35.5. The van der Waals surface area contributed by atoms with Gasteiger partial charge in [0.15, 0.2) is 0 Å². The molecule has 0 atom stereocenters. The minimum absolute atomic E-state index is 0.309. The lowest BCUT2D eigenvalue weighted by Crippen LogP contribution is -2.43. The molecule has 0 bridgehead atoms. The molecular weight excluding hydrogens is 282 g/mol. The molecule has 1 fully saturated rings. The second-order valence-corrected chi connectivity index (χ2v) is 7.55. The highest BCUT2D eigenvalue weighted by Crippen LogP contribution is 2.47. The molecule has 0 unspecified atom stereocenters. The van der Waals surface area contributed by atoms with Gasteiger partial charge in [0.1, 0.15) is 5.75 Å². The Morgan fingerprint density at radius 1 is 1.33 bits per heavy atom. The fourth-order valence-corrected chi connectivity index (χ4v) is 3.71. The molecule has 0 radical (unpaired) electrons. The van der Waals surface area contributed by atoms with Gasteiger partial charge in [-0.25, -0.2) is 0 Å². The van der Waals surface area contributed by atoms with Crippen LogP contribution in [0.3, 0.4) is 0 Å². The van der Waals surface area contributed by atoms with E-state index in [9.17, 15) is 0 Å². The van der Waals surface area contributed by atoms with Crippen LogP contribution in [0.5, 0.6) is 5.75 Å². The highest BCUT2D eigenvalue weighted by Gasteiger charge is 2.39. The zero-order chi connectivity index (χ0) is 15.7. The van der Waals surface area contributed by atoms with Crippen molar-refractivity contribution in [2.45, 2.75) is 58.4 Å². The van der Waals surface area contributed by atoms with Gasteiger partial charge >= 0.3 is 0 Å². The summed E-state index contributed by atoms with van der Waals surface area (Å²) in [5, 5.41) is 0.728. The molecule has 1 aromatic rings. The summed E-state index contributed by atoms with van der Waals surface area (Å²) in [5.74, 6) is 1.61. The molecule has 118 valence electrons. The molecule has 0 aromatic heterocycles. The van der Waals surface area contributed by atoms with E-state index in [2.05, 4.69) is 20.8 Å². The predicted molar refractivity (Wildman–Crippen MR) is 89.9 cm³/mol. The van der Waals surface area contributed by atoms with E-state index in [1.807, 2.05) is 18.2 Å². The van der Waals surface area contributed by atoms with Crippen LogP contribution in [0.1, 0.15) is 58.4 Å². The molecule has 0 aliphatic heterocycles. The Balaban J connectivity index is 2.21. The normalized spacial score (nSPS) is 26.7. The van der Waals surface area contributed by atoms with Crippen LogP contribution in [0, 0.1) is 11.3 Å². The first-order valence-corrected chi connectivity index (χ1v) is 8.33. The molecule has 21 heavy (non-hydrogen) atoms. The Hall–Kier alpha value is -0.730. The molecule has 1 aliphatic rings. The first-order chi connectivity index (χ1) is 9.82.